The van der Waals surface area contributed by atoms with Gasteiger partial charge in [-0.25, -0.2) is 0 Å². The normalized spacial score (nSPS) is 14.4. The Balaban J connectivity index is 2.51. The molecule has 0 saturated heterocycles. The fourth-order valence-corrected chi connectivity index (χ4v) is 2.56. The highest BCUT2D eigenvalue weighted by atomic mass is 14.6. The number of nitrogen functional groups attached to an aromatic ring is 1. The Morgan fingerprint density at radius 2 is 2.14 bits per heavy atom. The third-order valence-electron chi connectivity index (χ3n) is 3.28. The molecule has 2 N–H and O–H groups in total. The van der Waals surface area contributed by atoms with Crippen LogP contribution in [0, 0.1) is 6.92 Å². The van der Waals surface area contributed by atoms with Crippen LogP contribution in [0.25, 0.3) is 0 Å². The van der Waals surface area contributed by atoms with Gasteiger partial charge in [-0.1, -0.05) is 19.4 Å². The molecule has 0 heterocycles. The topological polar surface area (TPSA) is 26.0 Å². The highest BCUT2D eigenvalue weighted by Gasteiger charge is 2.17. The van der Waals surface area contributed by atoms with E-state index < -0.39 is 0 Å². The summed E-state index contributed by atoms with van der Waals surface area (Å²) in [6.07, 6.45) is 6.02. The van der Waals surface area contributed by atoms with Gasteiger partial charge in [0.15, 0.2) is 0 Å². The summed E-state index contributed by atoms with van der Waals surface area (Å²) >= 11 is 0. The maximum Gasteiger partial charge on any atom is 0.0384 e. The second-order valence-corrected chi connectivity index (χ2v) is 4.33. The molecule has 0 spiro atoms. The third kappa shape index (κ3) is 1.41. The summed E-state index contributed by atoms with van der Waals surface area (Å²) in [5, 5.41) is 0. The summed E-state index contributed by atoms with van der Waals surface area (Å²) < 4.78 is 0. The van der Waals surface area contributed by atoms with E-state index in [1.165, 1.54) is 47.9 Å². The summed E-state index contributed by atoms with van der Waals surface area (Å²) in [5.74, 6) is 0. The van der Waals surface area contributed by atoms with Crippen LogP contribution in [0.2, 0.25) is 0 Å². The van der Waals surface area contributed by atoms with Crippen molar-refractivity contribution in [2.75, 3.05) is 5.73 Å². The van der Waals surface area contributed by atoms with E-state index in [0.29, 0.717) is 0 Å². The van der Waals surface area contributed by atoms with Crippen molar-refractivity contribution in [3.05, 3.63) is 28.3 Å². The molecule has 76 valence electrons. The molecule has 0 aliphatic heterocycles. The van der Waals surface area contributed by atoms with E-state index in [1.807, 2.05) is 0 Å². The number of nitrogens with two attached hydrogens (primary N) is 1. The predicted octanol–water partition coefficient (Wildman–Crippen LogP) is 3.02. The van der Waals surface area contributed by atoms with Gasteiger partial charge in [0.2, 0.25) is 0 Å². The monoisotopic (exact) mass is 189 g/mol. The number of fused-ring (bicyclic) bond motifs is 1. The molecule has 0 fully saturated rings. The first-order valence-electron chi connectivity index (χ1n) is 5.63. The fraction of sp³-hybridized carbons (Fsp3) is 0.538. The molecule has 0 bridgehead atoms. The quantitative estimate of drug-likeness (QED) is 0.711. The van der Waals surface area contributed by atoms with Crippen molar-refractivity contribution in [1.29, 1.82) is 0 Å². The first-order valence-corrected chi connectivity index (χ1v) is 5.63. The van der Waals surface area contributed by atoms with Crippen molar-refractivity contribution >= 4 is 5.69 Å². The maximum absolute atomic E-state index is 6.22. The summed E-state index contributed by atoms with van der Waals surface area (Å²) in [5.41, 5.74) is 13.1. The highest BCUT2D eigenvalue weighted by Crippen LogP contribution is 2.32. The second-order valence-electron chi connectivity index (χ2n) is 4.33. The molecular weight excluding hydrogens is 170 g/mol. The van der Waals surface area contributed by atoms with Crippen LogP contribution in [-0.2, 0) is 19.3 Å². The van der Waals surface area contributed by atoms with E-state index in [0.717, 1.165) is 12.1 Å². The van der Waals surface area contributed by atoms with Crippen LogP contribution < -0.4 is 5.73 Å². The number of rotatable bonds is 2. The molecule has 14 heavy (non-hydrogen) atoms. The molecule has 1 aliphatic carbocycles. The largest absolute Gasteiger partial charge is 0.398 e. The van der Waals surface area contributed by atoms with Crippen LogP contribution in [0.5, 0.6) is 0 Å². The van der Waals surface area contributed by atoms with Crippen LogP contribution >= 0.6 is 0 Å². The van der Waals surface area contributed by atoms with Gasteiger partial charge < -0.3 is 5.73 Å². The highest BCUT2D eigenvalue weighted by molar-refractivity contribution is 5.61. The van der Waals surface area contributed by atoms with E-state index >= 15 is 0 Å². The summed E-state index contributed by atoms with van der Waals surface area (Å²) in [6.45, 7) is 4.41. The van der Waals surface area contributed by atoms with Crippen molar-refractivity contribution in [2.45, 2.75) is 46.0 Å². The van der Waals surface area contributed by atoms with Gasteiger partial charge >= 0.3 is 0 Å². The van der Waals surface area contributed by atoms with Crippen molar-refractivity contribution in [2.24, 2.45) is 0 Å². The second kappa shape index (κ2) is 3.64. The third-order valence-corrected chi connectivity index (χ3v) is 3.28. The molecule has 1 aromatic carbocycles. The van der Waals surface area contributed by atoms with E-state index in [2.05, 4.69) is 19.9 Å². The Hall–Kier alpha value is -0.980. The summed E-state index contributed by atoms with van der Waals surface area (Å²) in [6, 6.07) is 2.35. The van der Waals surface area contributed by atoms with E-state index in [4.69, 9.17) is 5.73 Å². The molecule has 2 rings (SSSR count). The minimum absolute atomic E-state index is 1.10. The average molecular weight is 189 g/mol. The fourth-order valence-electron chi connectivity index (χ4n) is 2.56. The molecule has 1 nitrogen and oxygen atoms in total. The number of aryl methyl sites for hydroxylation is 2. The lowest BCUT2D eigenvalue weighted by atomic mass is 9.95. The van der Waals surface area contributed by atoms with E-state index in [1.54, 1.807) is 0 Å². The lowest BCUT2D eigenvalue weighted by Gasteiger charge is -2.13. The van der Waals surface area contributed by atoms with Crippen LogP contribution in [0.3, 0.4) is 0 Å². The van der Waals surface area contributed by atoms with Crippen molar-refractivity contribution in [1.82, 2.24) is 0 Å². The first kappa shape index (κ1) is 9.57. The molecule has 0 atom stereocenters. The lowest BCUT2D eigenvalue weighted by molar-refractivity contribution is 0.907. The Labute approximate surface area is 86.3 Å². The first-order chi connectivity index (χ1) is 6.74. The van der Waals surface area contributed by atoms with Crippen molar-refractivity contribution in [3.8, 4) is 0 Å². The zero-order chi connectivity index (χ0) is 10.1. The zero-order valence-corrected chi connectivity index (χ0v) is 9.19. The number of benzene rings is 1. The standard InChI is InChI=1S/C13H19N/c1-3-5-11-9(2)8-10-6-4-7-12(10)13(11)14/h8H,3-7,14H2,1-2H3. The van der Waals surface area contributed by atoms with Crippen LogP contribution in [0.4, 0.5) is 5.69 Å². The van der Waals surface area contributed by atoms with E-state index in [9.17, 15) is 0 Å². The van der Waals surface area contributed by atoms with Gasteiger partial charge in [-0.3, -0.25) is 0 Å². The smallest absolute Gasteiger partial charge is 0.0384 e. The molecule has 1 aliphatic rings. The van der Waals surface area contributed by atoms with Crippen LogP contribution in [0.15, 0.2) is 6.07 Å². The molecule has 0 saturated carbocycles. The Morgan fingerprint density at radius 3 is 2.86 bits per heavy atom. The van der Waals surface area contributed by atoms with Gasteiger partial charge in [0, 0.05) is 5.69 Å². The molecule has 1 heteroatoms. The average Bonchev–Trinajstić information content (AvgIpc) is 2.60. The molecule has 0 radical (unpaired) electrons. The molecule has 1 aromatic rings. The molecule has 0 unspecified atom stereocenters. The predicted molar refractivity (Wildman–Crippen MR) is 61.6 cm³/mol. The molecular formula is C13H19N. The van der Waals surface area contributed by atoms with Gasteiger partial charge in [-0.05, 0) is 54.9 Å². The maximum atomic E-state index is 6.22. The number of hydrogen-bond donors (Lipinski definition) is 1. The minimum Gasteiger partial charge on any atom is -0.398 e. The Morgan fingerprint density at radius 1 is 1.36 bits per heavy atom. The van der Waals surface area contributed by atoms with Crippen LogP contribution in [-0.4, -0.2) is 0 Å². The number of hydrogen-bond acceptors (Lipinski definition) is 1. The lowest BCUT2D eigenvalue weighted by Crippen LogP contribution is -2.02. The van der Waals surface area contributed by atoms with E-state index in [-0.39, 0.29) is 0 Å². The Kier molecular flexibility index (Phi) is 2.49. The summed E-state index contributed by atoms with van der Waals surface area (Å²) in [7, 11) is 0. The van der Waals surface area contributed by atoms with Crippen molar-refractivity contribution < 1.29 is 0 Å². The van der Waals surface area contributed by atoms with Crippen LogP contribution in [0.1, 0.15) is 42.0 Å². The van der Waals surface area contributed by atoms with Gasteiger partial charge in [-0.2, -0.15) is 0 Å². The number of anilines is 1. The van der Waals surface area contributed by atoms with Gasteiger partial charge in [0.1, 0.15) is 0 Å². The van der Waals surface area contributed by atoms with Crippen molar-refractivity contribution in [3.63, 3.8) is 0 Å². The SMILES string of the molecule is CCCc1c(C)cc2c(c1N)CCC2. The van der Waals surface area contributed by atoms with Gasteiger partial charge in [0.25, 0.3) is 0 Å². The minimum atomic E-state index is 1.10. The van der Waals surface area contributed by atoms with Gasteiger partial charge in [0.05, 0.1) is 0 Å². The molecule has 0 amide bonds. The Bertz CT molecular complexity index is 353. The van der Waals surface area contributed by atoms with Gasteiger partial charge in [-0.15, -0.1) is 0 Å². The summed E-state index contributed by atoms with van der Waals surface area (Å²) in [4.78, 5) is 0. The molecule has 0 aromatic heterocycles. The zero-order valence-electron chi connectivity index (χ0n) is 9.19.